The molecule has 1 spiro atoms. The second-order valence-electron chi connectivity index (χ2n) is 5.27. The van der Waals surface area contributed by atoms with Crippen molar-refractivity contribution in [2.45, 2.75) is 43.7 Å². The summed E-state index contributed by atoms with van der Waals surface area (Å²) < 4.78 is 15.2. The van der Waals surface area contributed by atoms with Gasteiger partial charge in [-0.05, 0) is 38.0 Å². The first-order chi connectivity index (χ1) is 9.10. The van der Waals surface area contributed by atoms with E-state index < -0.39 is 18.1 Å². The number of amides is 1. The van der Waals surface area contributed by atoms with Crippen molar-refractivity contribution in [3.8, 4) is 0 Å². The maximum atomic E-state index is 11.9. The lowest BCUT2D eigenvalue weighted by Crippen LogP contribution is -2.47. The van der Waals surface area contributed by atoms with Crippen LogP contribution in [0.15, 0.2) is 0 Å². The van der Waals surface area contributed by atoms with Crippen molar-refractivity contribution in [1.29, 1.82) is 0 Å². The average molecular weight is 271 g/mol. The van der Waals surface area contributed by atoms with Crippen molar-refractivity contribution < 1.29 is 23.8 Å². The number of alkyl carbamates (subject to hydrolysis) is 1. The lowest BCUT2D eigenvalue weighted by atomic mass is 9.89. The summed E-state index contributed by atoms with van der Waals surface area (Å²) in [5, 5.41) is 2.59. The van der Waals surface area contributed by atoms with Gasteiger partial charge >= 0.3 is 12.1 Å². The number of ether oxygens (including phenoxy) is 3. The fourth-order valence-electron chi connectivity index (χ4n) is 2.73. The van der Waals surface area contributed by atoms with Crippen LogP contribution >= 0.6 is 0 Å². The largest absolute Gasteiger partial charge is 0.467 e. The molecule has 1 aliphatic carbocycles. The van der Waals surface area contributed by atoms with Crippen LogP contribution in [0, 0.1) is 5.92 Å². The van der Waals surface area contributed by atoms with Crippen LogP contribution in [0.3, 0.4) is 0 Å². The van der Waals surface area contributed by atoms with Gasteiger partial charge in [-0.15, -0.1) is 0 Å². The molecule has 6 heteroatoms. The van der Waals surface area contributed by atoms with Gasteiger partial charge in [0.1, 0.15) is 6.04 Å². The van der Waals surface area contributed by atoms with E-state index in [-0.39, 0.29) is 11.5 Å². The van der Waals surface area contributed by atoms with Crippen LogP contribution in [0.4, 0.5) is 4.79 Å². The second kappa shape index (κ2) is 5.77. The predicted octanol–water partition coefficient (Wildman–Crippen LogP) is 1.23. The van der Waals surface area contributed by atoms with Gasteiger partial charge in [-0.3, -0.25) is 0 Å². The first-order valence-corrected chi connectivity index (χ1v) is 6.66. The zero-order chi connectivity index (χ0) is 13.9. The first kappa shape index (κ1) is 14.1. The third kappa shape index (κ3) is 3.37. The maximum Gasteiger partial charge on any atom is 0.407 e. The van der Waals surface area contributed by atoms with E-state index in [4.69, 9.17) is 9.47 Å². The van der Waals surface area contributed by atoms with E-state index in [1.54, 1.807) is 0 Å². The molecule has 2 rings (SSSR count). The fraction of sp³-hybridized carbons (Fsp3) is 0.846. The third-order valence-electron chi connectivity index (χ3n) is 3.95. The lowest BCUT2D eigenvalue weighted by molar-refractivity contribution is -0.144. The molecule has 1 heterocycles. The monoisotopic (exact) mass is 271 g/mol. The highest BCUT2D eigenvalue weighted by Crippen LogP contribution is 2.47. The Kier molecular flexibility index (Phi) is 4.29. The minimum absolute atomic E-state index is 0.0385. The summed E-state index contributed by atoms with van der Waals surface area (Å²) in [4.78, 5) is 23.2. The first-order valence-electron chi connectivity index (χ1n) is 6.66. The van der Waals surface area contributed by atoms with E-state index in [2.05, 4.69) is 10.1 Å². The van der Waals surface area contributed by atoms with Crippen LogP contribution in [0.2, 0.25) is 0 Å². The number of methoxy groups -OCH3 is 2. The quantitative estimate of drug-likeness (QED) is 0.782. The SMILES string of the molecule is COC(=O)NC(C(=O)OC)C1CCCOC2(CC2)C1. The van der Waals surface area contributed by atoms with E-state index in [1.165, 1.54) is 14.2 Å². The Morgan fingerprint density at radius 3 is 2.63 bits per heavy atom. The molecule has 2 aliphatic rings. The Morgan fingerprint density at radius 1 is 1.32 bits per heavy atom. The molecular weight excluding hydrogens is 250 g/mol. The van der Waals surface area contributed by atoms with E-state index in [9.17, 15) is 9.59 Å². The molecule has 0 radical (unpaired) electrons. The number of rotatable bonds is 3. The van der Waals surface area contributed by atoms with Crippen molar-refractivity contribution in [1.82, 2.24) is 5.32 Å². The number of carbonyl (C=O) groups excluding carboxylic acids is 2. The molecule has 1 N–H and O–H groups in total. The van der Waals surface area contributed by atoms with Crippen molar-refractivity contribution in [3.05, 3.63) is 0 Å². The van der Waals surface area contributed by atoms with Crippen molar-refractivity contribution in [3.63, 3.8) is 0 Å². The average Bonchev–Trinajstić information content (AvgIpc) is 3.22. The number of hydrogen-bond donors (Lipinski definition) is 1. The summed E-state index contributed by atoms with van der Waals surface area (Å²) in [6.07, 6.45) is 3.99. The Morgan fingerprint density at radius 2 is 2.05 bits per heavy atom. The molecule has 0 bridgehead atoms. The highest BCUT2D eigenvalue weighted by Gasteiger charge is 2.49. The second-order valence-corrected chi connectivity index (χ2v) is 5.27. The van der Waals surface area contributed by atoms with Gasteiger partial charge in [-0.1, -0.05) is 0 Å². The third-order valence-corrected chi connectivity index (χ3v) is 3.95. The number of esters is 1. The summed E-state index contributed by atoms with van der Waals surface area (Å²) >= 11 is 0. The molecule has 1 saturated heterocycles. The summed E-state index contributed by atoms with van der Waals surface area (Å²) in [6, 6.07) is -0.656. The van der Waals surface area contributed by atoms with Crippen LogP contribution in [0.25, 0.3) is 0 Å². The highest BCUT2D eigenvalue weighted by atomic mass is 16.5. The van der Waals surface area contributed by atoms with Crippen LogP contribution in [-0.2, 0) is 19.0 Å². The molecule has 1 saturated carbocycles. The Balaban J connectivity index is 2.07. The van der Waals surface area contributed by atoms with Gasteiger partial charge < -0.3 is 19.5 Å². The Hall–Kier alpha value is -1.30. The molecule has 0 aromatic rings. The van der Waals surface area contributed by atoms with E-state index in [1.807, 2.05) is 0 Å². The topological polar surface area (TPSA) is 73.9 Å². The van der Waals surface area contributed by atoms with Crippen molar-refractivity contribution >= 4 is 12.1 Å². The molecule has 6 nitrogen and oxygen atoms in total. The number of carbonyl (C=O) groups is 2. The maximum absolute atomic E-state index is 11.9. The molecule has 0 aromatic carbocycles. The van der Waals surface area contributed by atoms with Crippen LogP contribution in [-0.4, -0.2) is 44.5 Å². The summed E-state index contributed by atoms with van der Waals surface area (Å²) in [7, 11) is 2.61. The molecule has 2 unspecified atom stereocenters. The van der Waals surface area contributed by atoms with Gasteiger partial charge in [0.15, 0.2) is 0 Å². The minimum Gasteiger partial charge on any atom is -0.467 e. The van der Waals surface area contributed by atoms with Crippen LogP contribution in [0.1, 0.15) is 32.1 Å². The van der Waals surface area contributed by atoms with Crippen molar-refractivity contribution in [2.24, 2.45) is 5.92 Å². The van der Waals surface area contributed by atoms with Gasteiger partial charge in [0.2, 0.25) is 0 Å². The van der Waals surface area contributed by atoms with Gasteiger partial charge in [0.05, 0.1) is 19.8 Å². The summed E-state index contributed by atoms with van der Waals surface area (Å²) in [5.74, 6) is -0.385. The van der Waals surface area contributed by atoms with Crippen LogP contribution < -0.4 is 5.32 Å². The lowest BCUT2D eigenvalue weighted by Gasteiger charge is -2.26. The van der Waals surface area contributed by atoms with E-state index >= 15 is 0 Å². The summed E-state index contributed by atoms with van der Waals surface area (Å²) in [5.41, 5.74) is -0.0642. The van der Waals surface area contributed by atoms with Gasteiger partial charge in [-0.2, -0.15) is 0 Å². The number of hydrogen-bond acceptors (Lipinski definition) is 5. The van der Waals surface area contributed by atoms with E-state index in [0.717, 1.165) is 38.7 Å². The molecular formula is C13H21NO5. The van der Waals surface area contributed by atoms with Gasteiger partial charge in [-0.25, -0.2) is 9.59 Å². The predicted molar refractivity (Wildman–Crippen MR) is 66.6 cm³/mol. The molecule has 2 atom stereocenters. The standard InChI is InChI=1S/C13H21NO5/c1-17-11(15)10(14-12(16)18-2)9-4-3-7-19-13(8-9)5-6-13/h9-10H,3-8H2,1-2H3,(H,14,16). The Labute approximate surface area is 112 Å². The molecule has 108 valence electrons. The zero-order valence-electron chi connectivity index (χ0n) is 11.4. The molecule has 1 aliphatic heterocycles. The van der Waals surface area contributed by atoms with Crippen LogP contribution in [0.5, 0.6) is 0 Å². The van der Waals surface area contributed by atoms with E-state index in [0.29, 0.717) is 0 Å². The smallest absolute Gasteiger partial charge is 0.407 e. The van der Waals surface area contributed by atoms with Gasteiger partial charge in [0.25, 0.3) is 0 Å². The normalized spacial score (nSPS) is 26.1. The zero-order valence-corrected chi connectivity index (χ0v) is 11.4. The molecule has 0 aromatic heterocycles. The Bertz CT molecular complexity index is 353. The number of nitrogens with one attached hydrogen (secondary N) is 1. The molecule has 19 heavy (non-hydrogen) atoms. The summed E-state index contributed by atoms with van der Waals surface area (Å²) in [6.45, 7) is 0.725. The highest BCUT2D eigenvalue weighted by molar-refractivity contribution is 5.81. The van der Waals surface area contributed by atoms with Gasteiger partial charge in [0, 0.05) is 6.61 Å². The van der Waals surface area contributed by atoms with Crippen molar-refractivity contribution in [2.75, 3.05) is 20.8 Å². The fourth-order valence-corrected chi connectivity index (χ4v) is 2.73. The molecule has 2 fully saturated rings. The minimum atomic E-state index is -0.656. The molecule has 1 amide bonds.